The smallest absolute Gasteiger partial charge is 0.345 e. The van der Waals surface area contributed by atoms with Crippen LogP contribution < -0.4 is 10.4 Å². The van der Waals surface area contributed by atoms with E-state index in [0.29, 0.717) is 38.2 Å². The molecule has 1 fully saturated rings. The Labute approximate surface area is 153 Å². The largest absolute Gasteiger partial charge is 0.497 e. The third kappa shape index (κ3) is 3.28. The Bertz CT molecular complexity index is 940. The summed E-state index contributed by atoms with van der Waals surface area (Å²) >= 11 is 0. The Morgan fingerprint density at radius 3 is 2.58 bits per heavy atom. The third-order valence-electron chi connectivity index (χ3n) is 4.85. The zero-order valence-corrected chi connectivity index (χ0v) is 16.1. The van der Waals surface area contributed by atoms with E-state index in [0.717, 1.165) is 5.82 Å². The lowest BCUT2D eigenvalue weighted by molar-refractivity contribution is 0.308. The van der Waals surface area contributed by atoms with Crippen molar-refractivity contribution in [3.63, 3.8) is 0 Å². The highest BCUT2D eigenvalue weighted by molar-refractivity contribution is 7.89. The minimum Gasteiger partial charge on any atom is -0.497 e. The van der Waals surface area contributed by atoms with Crippen LogP contribution in [0, 0.1) is 0 Å². The molecule has 0 radical (unpaired) electrons. The molecule has 0 amide bonds. The van der Waals surface area contributed by atoms with Crippen LogP contribution in [0.3, 0.4) is 0 Å². The van der Waals surface area contributed by atoms with Gasteiger partial charge in [0.1, 0.15) is 11.6 Å². The van der Waals surface area contributed by atoms with Gasteiger partial charge in [-0.2, -0.15) is 9.40 Å². The molecule has 1 aliphatic rings. The molecule has 0 aliphatic carbocycles. The third-order valence-corrected chi connectivity index (χ3v) is 6.75. The molecule has 2 heterocycles. The molecule has 0 bridgehead atoms. The molecule has 26 heavy (non-hydrogen) atoms. The van der Waals surface area contributed by atoms with Gasteiger partial charge >= 0.3 is 5.69 Å². The summed E-state index contributed by atoms with van der Waals surface area (Å²) in [5.74, 6) is 1.35. The summed E-state index contributed by atoms with van der Waals surface area (Å²) in [6.45, 7) is 3.27. The zero-order chi connectivity index (χ0) is 18.9. The van der Waals surface area contributed by atoms with Crippen LogP contribution in [0.5, 0.6) is 5.75 Å². The summed E-state index contributed by atoms with van der Waals surface area (Å²) in [5.41, 5.74) is -0.131. The van der Waals surface area contributed by atoms with Crippen molar-refractivity contribution in [2.24, 2.45) is 7.05 Å². The van der Waals surface area contributed by atoms with E-state index in [9.17, 15) is 13.2 Å². The molecule has 3 rings (SSSR count). The van der Waals surface area contributed by atoms with E-state index in [4.69, 9.17) is 4.74 Å². The van der Waals surface area contributed by atoms with Crippen LogP contribution in [0.1, 0.15) is 31.5 Å². The summed E-state index contributed by atoms with van der Waals surface area (Å²) in [5, 5.41) is 4.36. The van der Waals surface area contributed by atoms with Gasteiger partial charge in [0.05, 0.1) is 12.0 Å². The topological polar surface area (TPSA) is 86.4 Å². The maximum absolute atomic E-state index is 12.9. The highest BCUT2D eigenvalue weighted by Crippen LogP contribution is 2.30. The number of ether oxygens (including phenoxy) is 1. The van der Waals surface area contributed by atoms with Crippen molar-refractivity contribution in [2.75, 3.05) is 20.2 Å². The van der Waals surface area contributed by atoms with E-state index >= 15 is 0 Å². The second kappa shape index (κ2) is 7.24. The lowest BCUT2D eigenvalue weighted by Crippen LogP contribution is -2.38. The van der Waals surface area contributed by atoms with Gasteiger partial charge in [-0.1, -0.05) is 6.07 Å². The fourth-order valence-electron chi connectivity index (χ4n) is 3.39. The first kappa shape index (κ1) is 18.7. The van der Waals surface area contributed by atoms with E-state index in [1.54, 1.807) is 29.8 Å². The van der Waals surface area contributed by atoms with Crippen molar-refractivity contribution in [2.45, 2.75) is 37.1 Å². The summed E-state index contributed by atoms with van der Waals surface area (Å²) < 4.78 is 35.4. The Kier molecular flexibility index (Phi) is 5.19. The highest BCUT2D eigenvalue weighted by Gasteiger charge is 2.32. The number of hydrogen-bond acceptors (Lipinski definition) is 5. The van der Waals surface area contributed by atoms with Gasteiger partial charge in [0.25, 0.3) is 0 Å². The first-order chi connectivity index (χ1) is 12.4. The van der Waals surface area contributed by atoms with Gasteiger partial charge in [0.2, 0.25) is 10.0 Å². The molecule has 9 heteroatoms. The van der Waals surface area contributed by atoms with E-state index in [-0.39, 0.29) is 16.5 Å². The van der Waals surface area contributed by atoms with Crippen LogP contribution in [0.15, 0.2) is 34.0 Å². The van der Waals surface area contributed by atoms with Gasteiger partial charge in [-0.05, 0) is 31.9 Å². The molecular formula is C17H24N4O4S. The number of piperidine rings is 1. The van der Waals surface area contributed by atoms with Crippen molar-refractivity contribution in [3.05, 3.63) is 40.6 Å². The van der Waals surface area contributed by atoms with Gasteiger partial charge in [0.15, 0.2) is 0 Å². The molecule has 8 nitrogen and oxygen atoms in total. The maximum Gasteiger partial charge on any atom is 0.345 e. The second-order valence-corrected chi connectivity index (χ2v) is 8.30. The molecule has 0 spiro atoms. The van der Waals surface area contributed by atoms with E-state index < -0.39 is 10.0 Å². The zero-order valence-electron chi connectivity index (χ0n) is 15.3. The van der Waals surface area contributed by atoms with Crippen LogP contribution in [0.4, 0.5) is 0 Å². The van der Waals surface area contributed by atoms with Crippen LogP contribution >= 0.6 is 0 Å². The van der Waals surface area contributed by atoms with Crippen LogP contribution in [0.25, 0.3) is 0 Å². The second-order valence-electron chi connectivity index (χ2n) is 6.37. The molecule has 0 N–H and O–H groups in total. The standard InChI is InChI=1S/C17H24N4O4S/c1-4-21-16(18-19(2)17(21)22)13-8-10-20(11-9-13)26(23,24)15-7-5-6-14(12-15)25-3/h5-7,12-13H,4,8-11H2,1-3H3. The van der Waals surface area contributed by atoms with Crippen LogP contribution in [0.2, 0.25) is 0 Å². The van der Waals surface area contributed by atoms with Crippen molar-refractivity contribution < 1.29 is 13.2 Å². The molecule has 142 valence electrons. The molecule has 1 saturated heterocycles. The fraction of sp³-hybridized carbons (Fsp3) is 0.529. The maximum atomic E-state index is 12.9. The molecule has 1 aromatic carbocycles. The lowest BCUT2D eigenvalue weighted by atomic mass is 9.97. The lowest BCUT2D eigenvalue weighted by Gasteiger charge is -2.30. The molecule has 2 aromatic rings. The first-order valence-corrected chi connectivity index (χ1v) is 10.1. The molecule has 1 aromatic heterocycles. The number of hydrogen-bond donors (Lipinski definition) is 0. The van der Waals surface area contributed by atoms with Gasteiger partial charge < -0.3 is 4.74 Å². The first-order valence-electron chi connectivity index (χ1n) is 8.66. The van der Waals surface area contributed by atoms with E-state index in [1.165, 1.54) is 22.2 Å². The molecular weight excluding hydrogens is 356 g/mol. The Balaban J connectivity index is 1.78. The predicted octanol–water partition coefficient (Wildman–Crippen LogP) is 1.18. The summed E-state index contributed by atoms with van der Waals surface area (Å²) in [4.78, 5) is 12.3. The Hall–Kier alpha value is -2.13. The summed E-state index contributed by atoms with van der Waals surface area (Å²) in [6, 6.07) is 6.51. The average Bonchev–Trinajstić information content (AvgIpc) is 2.96. The number of aryl methyl sites for hydroxylation is 1. The predicted molar refractivity (Wildman–Crippen MR) is 96.9 cm³/mol. The average molecular weight is 380 g/mol. The minimum atomic E-state index is -3.56. The number of rotatable bonds is 5. The number of benzene rings is 1. The highest BCUT2D eigenvalue weighted by atomic mass is 32.2. The van der Waals surface area contributed by atoms with E-state index in [2.05, 4.69) is 5.10 Å². The van der Waals surface area contributed by atoms with Gasteiger partial charge in [0, 0.05) is 38.7 Å². The Morgan fingerprint density at radius 1 is 1.27 bits per heavy atom. The molecule has 0 unspecified atom stereocenters. The number of methoxy groups -OCH3 is 1. The van der Waals surface area contributed by atoms with Crippen molar-refractivity contribution in [3.8, 4) is 5.75 Å². The van der Waals surface area contributed by atoms with E-state index in [1.807, 2.05) is 6.92 Å². The quantitative estimate of drug-likeness (QED) is 0.777. The van der Waals surface area contributed by atoms with Crippen molar-refractivity contribution in [1.82, 2.24) is 18.7 Å². The SMILES string of the molecule is CCn1c(C2CCN(S(=O)(=O)c3cccc(OC)c3)CC2)nn(C)c1=O. The Morgan fingerprint density at radius 2 is 1.96 bits per heavy atom. The van der Waals surface area contributed by atoms with Gasteiger partial charge in [-0.25, -0.2) is 17.9 Å². The number of aromatic nitrogens is 3. The minimum absolute atomic E-state index is 0.0839. The number of nitrogens with zero attached hydrogens (tertiary/aromatic N) is 4. The van der Waals surface area contributed by atoms with Crippen molar-refractivity contribution >= 4 is 10.0 Å². The van der Waals surface area contributed by atoms with Crippen molar-refractivity contribution in [1.29, 1.82) is 0 Å². The molecule has 1 aliphatic heterocycles. The van der Waals surface area contributed by atoms with Gasteiger partial charge in [-0.15, -0.1) is 0 Å². The number of sulfonamides is 1. The molecule has 0 saturated carbocycles. The molecule has 0 atom stereocenters. The van der Waals surface area contributed by atoms with Crippen LogP contribution in [-0.4, -0.2) is 47.3 Å². The summed E-state index contributed by atoms with van der Waals surface area (Å²) in [7, 11) is -0.409. The van der Waals surface area contributed by atoms with Gasteiger partial charge in [-0.3, -0.25) is 4.57 Å². The summed E-state index contributed by atoms with van der Waals surface area (Å²) in [6.07, 6.45) is 1.28. The monoisotopic (exact) mass is 380 g/mol. The normalized spacial score (nSPS) is 16.7. The van der Waals surface area contributed by atoms with Crippen LogP contribution in [-0.2, 0) is 23.6 Å². The fourth-order valence-corrected chi connectivity index (χ4v) is 4.89.